The average Bonchev–Trinajstić information content (AvgIpc) is 2.89. The third-order valence-corrected chi connectivity index (χ3v) is 6.63. The van der Waals surface area contributed by atoms with Gasteiger partial charge >= 0.3 is 0 Å². The highest BCUT2D eigenvalue weighted by Gasteiger charge is 2.43. The number of benzene rings is 1. The van der Waals surface area contributed by atoms with Crippen molar-refractivity contribution in [3.63, 3.8) is 0 Å². The van der Waals surface area contributed by atoms with Crippen LogP contribution in [-0.4, -0.2) is 53.7 Å². The number of thioether (sulfide) groups is 1. The molecular formula is C22H34N2OS. The van der Waals surface area contributed by atoms with E-state index >= 15 is 0 Å². The van der Waals surface area contributed by atoms with E-state index in [4.69, 9.17) is 0 Å². The van der Waals surface area contributed by atoms with E-state index in [1.807, 2.05) is 11.8 Å². The van der Waals surface area contributed by atoms with Gasteiger partial charge in [-0.3, -0.25) is 4.79 Å². The molecule has 1 aromatic carbocycles. The van der Waals surface area contributed by atoms with Crippen LogP contribution in [0.2, 0.25) is 0 Å². The molecule has 1 atom stereocenters. The summed E-state index contributed by atoms with van der Waals surface area (Å²) in [4.78, 5) is 16.9. The van der Waals surface area contributed by atoms with Crippen molar-refractivity contribution in [1.82, 2.24) is 9.80 Å². The molecule has 1 aliphatic rings. The first-order chi connectivity index (χ1) is 12.3. The first kappa shape index (κ1) is 21.0. The number of hydrogen-bond donors (Lipinski definition) is 0. The zero-order valence-corrected chi connectivity index (χ0v) is 17.6. The Morgan fingerprint density at radius 3 is 2.54 bits per heavy atom. The Labute approximate surface area is 163 Å². The van der Waals surface area contributed by atoms with Crippen molar-refractivity contribution in [2.24, 2.45) is 0 Å². The van der Waals surface area contributed by atoms with Crippen molar-refractivity contribution < 1.29 is 4.79 Å². The molecule has 0 radical (unpaired) electrons. The van der Waals surface area contributed by atoms with Crippen LogP contribution in [-0.2, 0) is 10.5 Å². The van der Waals surface area contributed by atoms with Crippen LogP contribution in [0.3, 0.4) is 0 Å². The largest absolute Gasteiger partial charge is 0.334 e. The van der Waals surface area contributed by atoms with E-state index in [1.165, 1.54) is 18.4 Å². The Balaban J connectivity index is 1.92. The summed E-state index contributed by atoms with van der Waals surface area (Å²) in [7, 11) is 4.22. The topological polar surface area (TPSA) is 23.6 Å². The van der Waals surface area contributed by atoms with E-state index < -0.39 is 0 Å². The van der Waals surface area contributed by atoms with Gasteiger partial charge in [0.25, 0.3) is 0 Å². The lowest BCUT2D eigenvalue weighted by Gasteiger charge is -2.37. The van der Waals surface area contributed by atoms with Crippen LogP contribution < -0.4 is 0 Å². The van der Waals surface area contributed by atoms with Gasteiger partial charge in [-0.15, -0.1) is 11.8 Å². The number of carbonyl (C=O) groups excluding carboxylic acids is 1. The van der Waals surface area contributed by atoms with E-state index in [2.05, 4.69) is 74.7 Å². The van der Waals surface area contributed by atoms with Gasteiger partial charge in [-0.05, 0) is 59.3 Å². The van der Waals surface area contributed by atoms with Crippen molar-refractivity contribution >= 4 is 17.7 Å². The van der Waals surface area contributed by atoms with Crippen LogP contribution in [0.15, 0.2) is 42.5 Å². The Morgan fingerprint density at radius 2 is 1.88 bits per heavy atom. The molecule has 0 aliphatic carbocycles. The fraction of sp³-hybridized carbons (Fsp3) is 0.591. The van der Waals surface area contributed by atoms with Crippen LogP contribution in [0, 0.1) is 0 Å². The zero-order valence-electron chi connectivity index (χ0n) is 16.8. The molecule has 1 amide bonds. The molecule has 1 aliphatic heterocycles. The summed E-state index contributed by atoms with van der Waals surface area (Å²) in [5.41, 5.74) is 2.11. The smallest absolute Gasteiger partial charge is 0.249 e. The molecule has 0 spiro atoms. The van der Waals surface area contributed by atoms with Crippen LogP contribution in [0.1, 0.15) is 45.1 Å². The maximum absolute atomic E-state index is 12.6. The lowest BCUT2D eigenvalue weighted by atomic mass is 9.99. The molecule has 1 saturated heterocycles. The first-order valence-electron chi connectivity index (χ1n) is 9.62. The first-order valence-corrected chi connectivity index (χ1v) is 10.6. The number of nitrogens with zero attached hydrogens (tertiary/aromatic N) is 2. The molecule has 1 aromatic rings. The standard InChI is InChI=1S/C22H34N2OS/c1-18-16-20(22(2,3)26-17-19-12-8-6-9-13-19)24(21(18)25)15-11-7-10-14-23(4)5/h6,8-9,12-13,20H,1,7,10-11,14-17H2,2-5H3. The Kier molecular flexibility index (Phi) is 7.78. The third kappa shape index (κ3) is 5.88. The Hall–Kier alpha value is -1.26. The second-order valence-corrected chi connectivity index (χ2v) is 9.69. The van der Waals surface area contributed by atoms with E-state index in [0.29, 0.717) is 0 Å². The van der Waals surface area contributed by atoms with Crippen LogP contribution in [0.5, 0.6) is 0 Å². The Morgan fingerprint density at radius 1 is 1.19 bits per heavy atom. The highest BCUT2D eigenvalue weighted by atomic mass is 32.2. The summed E-state index contributed by atoms with van der Waals surface area (Å²) in [5.74, 6) is 1.14. The SMILES string of the molecule is C=C1CC(C(C)(C)SCc2ccccc2)N(CCCCCN(C)C)C1=O. The van der Waals surface area contributed by atoms with E-state index in [9.17, 15) is 4.79 Å². The van der Waals surface area contributed by atoms with E-state index in [-0.39, 0.29) is 16.7 Å². The normalized spacial score (nSPS) is 18.2. The average molecular weight is 375 g/mol. The third-order valence-electron chi connectivity index (χ3n) is 5.14. The van der Waals surface area contributed by atoms with Crippen LogP contribution >= 0.6 is 11.8 Å². The molecule has 0 aromatic heterocycles. The summed E-state index contributed by atoms with van der Waals surface area (Å²) < 4.78 is 0.00851. The molecule has 2 rings (SSSR count). The number of likely N-dealkylation sites (tertiary alicyclic amines) is 1. The molecule has 3 nitrogen and oxygen atoms in total. The zero-order chi connectivity index (χ0) is 19.2. The van der Waals surface area contributed by atoms with Gasteiger partial charge in [0.1, 0.15) is 0 Å². The van der Waals surface area contributed by atoms with E-state index in [0.717, 1.165) is 37.3 Å². The van der Waals surface area contributed by atoms with Gasteiger partial charge in [-0.2, -0.15) is 0 Å². The summed E-state index contributed by atoms with van der Waals surface area (Å²) in [6, 6.07) is 10.8. The maximum atomic E-state index is 12.6. The number of hydrogen-bond acceptors (Lipinski definition) is 3. The number of carbonyl (C=O) groups is 1. The predicted octanol–water partition coefficient (Wildman–Crippen LogP) is 4.59. The highest BCUT2D eigenvalue weighted by Crippen LogP contribution is 2.40. The second kappa shape index (κ2) is 9.61. The molecule has 1 unspecified atom stereocenters. The fourth-order valence-electron chi connectivity index (χ4n) is 3.48. The van der Waals surface area contributed by atoms with Gasteiger partial charge in [-0.25, -0.2) is 0 Å². The summed E-state index contributed by atoms with van der Waals surface area (Å²) >= 11 is 1.94. The number of unbranched alkanes of at least 4 members (excludes halogenated alkanes) is 2. The Bertz CT molecular complexity index is 597. The fourth-order valence-corrected chi connectivity index (χ4v) is 4.61. The molecule has 1 fully saturated rings. The lowest BCUT2D eigenvalue weighted by Crippen LogP contribution is -2.45. The van der Waals surface area contributed by atoms with Crippen molar-refractivity contribution in [2.75, 3.05) is 27.2 Å². The van der Waals surface area contributed by atoms with Crippen molar-refractivity contribution in [2.45, 2.75) is 56.1 Å². The number of amides is 1. The highest BCUT2D eigenvalue weighted by molar-refractivity contribution is 7.99. The monoisotopic (exact) mass is 374 g/mol. The molecular weight excluding hydrogens is 340 g/mol. The minimum Gasteiger partial charge on any atom is -0.334 e. The van der Waals surface area contributed by atoms with Crippen LogP contribution in [0.4, 0.5) is 0 Å². The van der Waals surface area contributed by atoms with Crippen molar-refractivity contribution in [3.05, 3.63) is 48.0 Å². The minimum absolute atomic E-state index is 0.00851. The van der Waals surface area contributed by atoms with Gasteiger partial charge < -0.3 is 9.80 Å². The van der Waals surface area contributed by atoms with Gasteiger partial charge in [0.05, 0.1) is 6.04 Å². The van der Waals surface area contributed by atoms with Crippen molar-refractivity contribution in [3.8, 4) is 0 Å². The molecule has 0 saturated carbocycles. The second-order valence-electron chi connectivity index (χ2n) is 8.06. The van der Waals surface area contributed by atoms with Gasteiger partial charge in [0.2, 0.25) is 5.91 Å². The molecule has 0 bridgehead atoms. The lowest BCUT2D eigenvalue weighted by molar-refractivity contribution is -0.126. The maximum Gasteiger partial charge on any atom is 0.249 e. The molecule has 26 heavy (non-hydrogen) atoms. The molecule has 0 N–H and O–H groups in total. The minimum atomic E-state index is 0.00851. The molecule has 4 heteroatoms. The quantitative estimate of drug-likeness (QED) is 0.442. The van der Waals surface area contributed by atoms with Gasteiger partial charge in [0.15, 0.2) is 0 Å². The molecule has 144 valence electrons. The van der Waals surface area contributed by atoms with Gasteiger partial charge in [-0.1, -0.05) is 43.3 Å². The summed E-state index contributed by atoms with van der Waals surface area (Å²) in [6.45, 7) is 10.5. The summed E-state index contributed by atoms with van der Waals surface area (Å²) in [5, 5.41) is 0. The summed E-state index contributed by atoms with van der Waals surface area (Å²) in [6.07, 6.45) is 4.22. The van der Waals surface area contributed by atoms with Crippen LogP contribution in [0.25, 0.3) is 0 Å². The predicted molar refractivity (Wildman–Crippen MR) is 113 cm³/mol. The number of rotatable bonds is 10. The van der Waals surface area contributed by atoms with E-state index in [1.54, 1.807) is 0 Å². The molecule has 1 heterocycles. The van der Waals surface area contributed by atoms with Crippen molar-refractivity contribution in [1.29, 1.82) is 0 Å². The van der Waals surface area contributed by atoms with Gasteiger partial charge in [0, 0.05) is 22.6 Å².